The van der Waals surface area contributed by atoms with E-state index in [1.165, 1.54) is 13.2 Å². The van der Waals surface area contributed by atoms with Gasteiger partial charge >= 0.3 is 0 Å². The van der Waals surface area contributed by atoms with Gasteiger partial charge in [-0.15, -0.1) is 0 Å². The molecule has 0 saturated heterocycles. The summed E-state index contributed by atoms with van der Waals surface area (Å²) in [5.41, 5.74) is 12.0. The zero-order valence-electron chi connectivity index (χ0n) is 10.5. The van der Waals surface area contributed by atoms with Crippen molar-refractivity contribution >= 4 is 46.0 Å². The van der Waals surface area contributed by atoms with Gasteiger partial charge in [-0.1, -0.05) is 23.2 Å². The Bertz CT molecular complexity index is 665. The molecular weight excluding hydrogens is 304 g/mol. The standard InChI is InChI=1S/C13H12Cl2FN3O/c1-20-10-3-2-6(14)4-9(10)19-13-8(18)5-7(17)11(15)12(13)16/h2-5,19H,17-18H2,1H3. The fourth-order valence-corrected chi connectivity index (χ4v) is 2.03. The van der Waals surface area contributed by atoms with Gasteiger partial charge in [-0.2, -0.15) is 0 Å². The van der Waals surface area contributed by atoms with Crippen LogP contribution in [0.5, 0.6) is 5.75 Å². The van der Waals surface area contributed by atoms with Crippen LogP contribution in [0.3, 0.4) is 0 Å². The van der Waals surface area contributed by atoms with Crippen LogP contribution in [0.2, 0.25) is 10.0 Å². The minimum absolute atomic E-state index is 0.0183. The maximum absolute atomic E-state index is 14.1. The Morgan fingerprint density at radius 2 is 1.85 bits per heavy atom. The lowest BCUT2D eigenvalue weighted by molar-refractivity contribution is 0.417. The molecule has 20 heavy (non-hydrogen) atoms. The minimum Gasteiger partial charge on any atom is -0.495 e. The molecule has 5 N–H and O–H groups in total. The van der Waals surface area contributed by atoms with Crippen LogP contribution >= 0.6 is 23.2 Å². The molecule has 2 aromatic carbocycles. The highest BCUT2D eigenvalue weighted by atomic mass is 35.5. The lowest BCUT2D eigenvalue weighted by Gasteiger charge is -2.15. The van der Waals surface area contributed by atoms with E-state index in [-0.39, 0.29) is 22.1 Å². The first-order chi connectivity index (χ1) is 9.43. The second kappa shape index (κ2) is 5.64. The van der Waals surface area contributed by atoms with Gasteiger partial charge < -0.3 is 21.5 Å². The van der Waals surface area contributed by atoms with E-state index in [4.69, 9.17) is 39.4 Å². The summed E-state index contributed by atoms with van der Waals surface area (Å²) in [5.74, 6) is -0.243. The summed E-state index contributed by atoms with van der Waals surface area (Å²) in [4.78, 5) is 0. The number of hydrogen-bond acceptors (Lipinski definition) is 4. The quantitative estimate of drug-likeness (QED) is 0.747. The Balaban J connectivity index is 2.50. The first-order valence-electron chi connectivity index (χ1n) is 5.57. The van der Waals surface area contributed by atoms with Crippen molar-refractivity contribution in [3.8, 4) is 5.75 Å². The van der Waals surface area contributed by atoms with Gasteiger partial charge in [0, 0.05) is 5.02 Å². The molecule has 0 aliphatic rings. The lowest BCUT2D eigenvalue weighted by Crippen LogP contribution is -2.03. The molecule has 0 aliphatic heterocycles. The number of methoxy groups -OCH3 is 1. The Kier molecular flexibility index (Phi) is 4.11. The molecule has 0 fully saturated rings. The molecule has 4 nitrogen and oxygen atoms in total. The molecule has 0 unspecified atom stereocenters. The third-order valence-electron chi connectivity index (χ3n) is 2.69. The van der Waals surface area contributed by atoms with Crippen molar-refractivity contribution in [2.75, 3.05) is 23.9 Å². The molecule has 0 atom stereocenters. The number of nitrogens with two attached hydrogens (primary N) is 2. The molecule has 0 bridgehead atoms. The summed E-state index contributed by atoms with van der Waals surface area (Å²) < 4.78 is 19.3. The summed E-state index contributed by atoms with van der Waals surface area (Å²) in [6, 6.07) is 6.27. The van der Waals surface area contributed by atoms with Crippen LogP contribution < -0.4 is 21.5 Å². The van der Waals surface area contributed by atoms with Gasteiger partial charge in [-0.05, 0) is 24.3 Å². The second-order valence-corrected chi connectivity index (χ2v) is 4.84. The topological polar surface area (TPSA) is 73.3 Å². The monoisotopic (exact) mass is 315 g/mol. The zero-order valence-corrected chi connectivity index (χ0v) is 12.0. The molecule has 0 saturated carbocycles. The first-order valence-corrected chi connectivity index (χ1v) is 6.33. The fraction of sp³-hybridized carbons (Fsp3) is 0.0769. The third-order valence-corrected chi connectivity index (χ3v) is 3.31. The SMILES string of the molecule is COc1ccc(Cl)cc1Nc1c(N)cc(N)c(Cl)c1F. The number of nitrogen functional groups attached to an aromatic ring is 2. The number of hydrogen-bond donors (Lipinski definition) is 3. The highest BCUT2D eigenvalue weighted by molar-refractivity contribution is 6.33. The molecule has 0 amide bonds. The van der Waals surface area contributed by atoms with Crippen LogP contribution in [0.25, 0.3) is 0 Å². The van der Waals surface area contributed by atoms with Crippen molar-refractivity contribution in [2.24, 2.45) is 0 Å². The molecule has 0 heterocycles. The number of halogens is 3. The van der Waals surface area contributed by atoms with Crippen molar-refractivity contribution in [1.29, 1.82) is 0 Å². The van der Waals surface area contributed by atoms with E-state index >= 15 is 0 Å². The van der Waals surface area contributed by atoms with E-state index < -0.39 is 5.82 Å². The molecule has 0 spiro atoms. The van der Waals surface area contributed by atoms with Gasteiger partial charge in [0.2, 0.25) is 0 Å². The molecule has 0 radical (unpaired) electrons. The summed E-state index contributed by atoms with van der Waals surface area (Å²) in [6.07, 6.45) is 0. The Morgan fingerprint density at radius 1 is 1.15 bits per heavy atom. The maximum atomic E-state index is 14.1. The van der Waals surface area contributed by atoms with Crippen molar-refractivity contribution in [1.82, 2.24) is 0 Å². The van der Waals surface area contributed by atoms with Gasteiger partial charge in [0.15, 0.2) is 5.82 Å². The van der Waals surface area contributed by atoms with Crippen LogP contribution in [0, 0.1) is 5.82 Å². The number of ether oxygens (including phenoxy) is 1. The van der Waals surface area contributed by atoms with Gasteiger partial charge in [-0.25, -0.2) is 4.39 Å². The van der Waals surface area contributed by atoms with Gasteiger partial charge in [0.25, 0.3) is 0 Å². The number of nitrogens with one attached hydrogen (secondary N) is 1. The Morgan fingerprint density at radius 3 is 2.50 bits per heavy atom. The second-order valence-electron chi connectivity index (χ2n) is 4.03. The molecular formula is C13H12Cl2FN3O. The summed E-state index contributed by atoms with van der Waals surface area (Å²) in [6.45, 7) is 0. The smallest absolute Gasteiger partial charge is 0.169 e. The fourth-order valence-electron chi connectivity index (χ4n) is 1.71. The largest absolute Gasteiger partial charge is 0.495 e. The molecule has 2 aromatic rings. The van der Waals surface area contributed by atoms with Crippen LogP contribution in [0.15, 0.2) is 24.3 Å². The first kappa shape index (κ1) is 14.6. The van der Waals surface area contributed by atoms with E-state index in [0.717, 1.165) is 0 Å². The van der Waals surface area contributed by atoms with Gasteiger partial charge in [0.1, 0.15) is 10.8 Å². The van der Waals surface area contributed by atoms with E-state index in [2.05, 4.69) is 5.32 Å². The van der Waals surface area contributed by atoms with Crippen LogP contribution in [-0.2, 0) is 0 Å². The summed E-state index contributed by atoms with van der Waals surface area (Å²) in [7, 11) is 1.49. The van der Waals surface area contributed by atoms with Crippen molar-refractivity contribution < 1.29 is 9.13 Å². The predicted octanol–water partition coefficient (Wildman–Crippen LogP) is 4.05. The van der Waals surface area contributed by atoms with E-state index in [1.807, 2.05) is 0 Å². The molecule has 7 heteroatoms. The number of benzene rings is 2. The Hall–Kier alpha value is -1.85. The lowest BCUT2D eigenvalue weighted by atomic mass is 10.2. The predicted molar refractivity (Wildman–Crippen MR) is 81.5 cm³/mol. The van der Waals surface area contributed by atoms with Gasteiger partial charge in [-0.3, -0.25) is 0 Å². The Labute approximate surface area is 125 Å². The maximum Gasteiger partial charge on any atom is 0.169 e. The number of anilines is 4. The average Bonchev–Trinajstić information content (AvgIpc) is 2.41. The highest BCUT2D eigenvalue weighted by Gasteiger charge is 2.16. The zero-order chi connectivity index (χ0) is 14.9. The average molecular weight is 316 g/mol. The highest BCUT2D eigenvalue weighted by Crippen LogP contribution is 2.38. The van der Waals surface area contributed by atoms with Crippen molar-refractivity contribution in [2.45, 2.75) is 0 Å². The third kappa shape index (κ3) is 2.69. The molecule has 0 aromatic heterocycles. The van der Waals surface area contributed by atoms with E-state index in [9.17, 15) is 4.39 Å². The molecule has 0 aliphatic carbocycles. The summed E-state index contributed by atoms with van der Waals surface area (Å²) >= 11 is 11.7. The van der Waals surface area contributed by atoms with Crippen molar-refractivity contribution in [3.63, 3.8) is 0 Å². The van der Waals surface area contributed by atoms with Crippen molar-refractivity contribution in [3.05, 3.63) is 40.1 Å². The summed E-state index contributed by atoms with van der Waals surface area (Å²) in [5, 5.41) is 3.09. The minimum atomic E-state index is -0.730. The molecule has 2 rings (SSSR count). The van der Waals surface area contributed by atoms with Gasteiger partial charge in [0.05, 0.1) is 29.9 Å². The number of rotatable bonds is 3. The van der Waals surface area contributed by atoms with Crippen LogP contribution in [0.4, 0.5) is 27.1 Å². The van der Waals surface area contributed by atoms with Crippen LogP contribution in [-0.4, -0.2) is 7.11 Å². The van der Waals surface area contributed by atoms with E-state index in [0.29, 0.717) is 16.5 Å². The van der Waals surface area contributed by atoms with Crippen LogP contribution in [0.1, 0.15) is 0 Å². The molecule has 106 valence electrons. The normalized spacial score (nSPS) is 10.4. The van der Waals surface area contributed by atoms with E-state index in [1.54, 1.807) is 18.2 Å².